The number of thiazole rings is 1. The van der Waals surface area contributed by atoms with E-state index in [-0.39, 0.29) is 0 Å². The molecule has 0 aliphatic heterocycles. The van der Waals surface area contributed by atoms with Gasteiger partial charge in [0.05, 0.1) is 5.69 Å². The highest BCUT2D eigenvalue weighted by Crippen LogP contribution is 2.16. The van der Waals surface area contributed by atoms with Gasteiger partial charge in [-0.15, -0.1) is 23.7 Å². The molecule has 0 amide bonds. The van der Waals surface area contributed by atoms with Crippen LogP contribution in [0.4, 0.5) is 5.13 Å². The minimum atomic E-state index is 0.357. The van der Waals surface area contributed by atoms with Crippen molar-refractivity contribution in [2.75, 3.05) is 5.32 Å². The first kappa shape index (κ1) is 10.1. The van der Waals surface area contributed by atoms with Gasteiger partial charge in [0.1, 0.15) is 0 Å². The molecule has 0 aromatic carbocycles. The van der Waals surface area contributed by atoms with Crippen LogP contribution in [0.15, 0.2) is 5.38 Å². The lowest BCUT2D eigenvalue weighted by atomic mass is 10.2. The lowest BCUT2D eigenvalue weighted by Gasteiger charge is -2.12. The van der Waals surface area contributed by atoms with Crippen molar-refractivity contribution in [2.45, 2.75) is 32.7 Å². The van der Waals surface area contributed by atoms with Crippen molar-refractivity contribution in [2.24, 2.45) is 0 Å². The summed E-state index contributed by atoms with van der Waals surface area (Å²) in [7, 11) is 0. The molecule has 1 heterocycles. The fourth-order valence-electron chi connectivity index (χ4n) is 1.03. The van der Waals surface area contributed by atoms with Crippen molar-refractivity contribution in [1.29, 1.82) is 0 Å². The van der Waals surface area contributed by atoms with Crippen molar-refractivity contribution in [3.63, 3.8) is 0 Å². The van der Waals surface area contributed by atoms with Crippen LogP contribution in [0.3, 0.4) is 0 Å². The molecule has 0 radical (unpaired) electrons. The third-order valence-corrected chi connectivity index (χ3v) is 2.70. The number of hydrogen-bond donors (Lipinski definition) is 1. The summed E-state index contributed by atoms with van der Waals surface area (Å²) in [4.78, 5) is 4.32. The molecule has 1 rings (SSSR count). The first-order valence-corrected chi connectivity index (χ1v) is 5.26. The van der Waals surface area contributed by atoms with Crippen LogP contribution >= 0.6 is 11.3 Å². The molecular weight excluding hydrogens is 180 g/mol. The van der Waals surface area contributed by atoms with Crippen LogP contribution in [-0.4, -0.2) is 11.0 Å². The Kier molecular flexibility index (Phi) is 3.78. The van der Waals surface area contributed by atoms with Gasteiger partial charge in [0.15, 0.2) is 5.13 Å². The molecule has 1 atom stereocenters. The lowest BCUT2D eigenvalue weighted by molar-refractivity contribution is 0.714. The summed E-state index contributed by atoms with van der Waals surface area (Å²) >= 11 is 1.63. The summed E-state index contributed by atoms with van der Waals surface area (Å²) < 4.78 is 0. The molecule has 0 aliphatic rings. The standard InChI is InChI=1S/C10H14N2S/c1-4-6-9(5-2)12-10-11-8(3)7-13-10/h1,7,9H,5-6H2,2-3H3,(H,11,12). The van der Waals surface area contributed by atoms with Crippen molar-refractivity contribution >= 4 is 16.5 Å². The van der Waals surface area contributed by atoms with Gasteiger partial charge in [0.2, 0.25) is 0 Å². The third-order valence-electron chi connectivity index (χ3n) is 1.80. The van der Waals surface area contributed by atoms with E-state index >= 15 is 0 Å². The van der Waals surface area contributed by atoms with Gasteiger partial charge >= 0.3 is 0 Å². The number of nitrogens with zero attached hydrogens (tertiary/aromatic N) is 1. The summed E-state index contributed by atoms with van der Waals surface area (Å²) in [6, 6.07) is 0.357. The number of anilines is 1. The van der Waals surface area contributed by atoms with Crippen LogP contribution in [0, 0.1) is 19.3 Å². The van der Waals surface area contributed by atoms with Gasteiger partial charge in [-0.1, -0.05) is 6.92 Å². The van der Waals surface area contributed by atoms with Crippen LogP contribution in [0.2, 0.25) is 0 Å². The summed E-state index contributed by atoms with van der Waals surface area (Å²) in [6.45, 7) is 4.11. The minimum absolute atomic E-state index is 0.357. The number of hydrogen-bond acceptors (Lipinski definition) is 3. The van der Waals surface area contributed by atoms with E-state index in [4.69, 9.17) is 6.42 Å². The van der Waals surface area contributed by atoms with Gasteiger partial charge in [-0.3, -0.25) is 0 Å². The first-order valence-electron chi connectivity index (χ1n) is 4.38. The summed E-state index contributed by atoms with van der Waals surface area (Å²) in [5.74, 6) is 2.66. The SMILES string of the molecule is C#CCC(CC)Nc1nc(C)cs1. The summed E-state index contributed by atoms with van der Waals surface area (Å²) in [5.41, 5.74) is 1.06. The average Bonchev–Trinajstić information content (AvgIpc) is 2.50. The quantitative estimate of drug-likeness (QED) is 0.745. The van der Waals surface area contributed by atoms with E-state index in [2.05, 4.69) is 23.1 Å². The van der Waals surface area contributed by atoms with Crippen molar-refractivity contribution in [3.05, 3.63) is 11.1 Å². The second-order valence-corrected chi connectivity index (χ2v) is 3.81. The van der Waals surface area contributed by atoms with Gasteiger partial charge in [0, 0.05) is 17.8 Å². The van der Waals surface area contributed by atoms with E-state index < -0.39 is 0 Å². The van der Waals surface area contributed by atoms with E-state index in [0.717, 1.165) is 23.7 Å². The minimum Gasteiger partial charge on any atom is -0.358 e. The molecule has 1 unspecified atom stereocenters. The van der Waals surface area contributed by atoms with Gasteiger partial charge in [-0.25, -0.2) is 4.98 Å². The molecule has 0 saturated heterocycles. The third kappa shape index (κ3) is 3.08. The molecular formula is C10H14N2S. The maximum absolute atomic E-state index is 5.26. The highest BCUT2D eigenvalue weighted by atomic mass is 32.1. The molecule has 0 saturated carbocycles. The van der Waals surface area contributed by atoms with Crippen LogP contribution in [0.25, 0.3) is 0 Å². The van der Waals surface area contributed by atoms with Crippen LogP contribution in [0.1, 0.15) is 25.5 Å². The number of terminal acetylenes is 1. The van der Waals surface area contributed by atoms with E-state index in [1.165, 1.54) is 0 Å². The second-order valence-electron chi connectivity index (χ2n) is 2.95. The Morgan fingerprint density at radius 1 is 1.77 bits per heavy atom. The highest BCUT2D eigenvalue weighted by Gasteiger charge is 2.05. The topological polar surface area (TPSA) is 24.9 Å². The fourth-order valence-corrected chi connectivity index (χ4v) is 1.80. The maximum Gasteiger partial charge on any atom is 0.183 e. The molecule has 0 fully saturated rings. The number of nitrogens with one attached hydrogen (secondary N) is 1. The van der Waals surface area contributed by atoms with E-state index in [0.29, 0.717) is 6.04 Å². The zero-order chi connectivity index (χ0) is 9.68. The molecule has 2 nitrogen and oxygen atoms in total. The van der Waals surface area contributed by atoms with Crippen LogP contribution in [-0.2, 0) is 0 Å². The predicted octanol–water partition coefficient (Wildman–Crippen LogP) is 2.67. The van der Waals surface area contributed by atoms with Crippen LogP contribution in [0.5, 0.6) is 0 Å². The van der Waals surface area contributed by atoms with Crippen molar-refractivity contribution in [1.82, 2.24) is 4.98 Å². The monoisotopic (exact) mass is 194 g/mol. The van der Waals surface area contributed by atoms with Crippen molar-refractivity contribution < 1.29 is 0 Å². The molecule has 0 bridgehead atoms. The van der Waals surface area contributed by atoms with E-state index in [1.54, 1.807) is 11.3 Å². The first-order chi connectivity index (χ1) is 6.26. The largest absolute Gasteiger partial charge is 0.358 e. The van der Waals surface area contributed by atoms with Gasteiger partial charge < -0.3 is 5.32 Å². The second kappa shape index (κ2) is 4.88. The molecule has 1 aromatic heterocycles. The van der Waals surface area contributed by atoms with Crippen molar-refractivity contribution in [3.8, 4) is 12.3 Å². The van der Waals surface area contributed by atoms with Crippen LogP contribution < -0.4 is 5.32 Å². The number of aryl methyl sites for hydroxylation is 1. The maximum atomic E-state index is 5.26. The lowest BCUT2D eigenvalue weighted by Crippen LogP contribution is -2.17. The zero-order valence-electron chi connectivity index (χ0n) is 8.00. The predicted molar refractivity (Wildman–Crippen MR) is 58.0 cm³/mol. The molecule has 13 heavy (non-hydrogen) atoms. The van der Waals surface area contributed by atoms with Gasteiger partial charge in [-0.05, 0) is 13.3 Å². The Balaban J connectivity index is 2.52. The molecule has 0 spiro atoms. The number of rotatable bonds is 4. The molecule has 1 aromatic rings. The Bertz CT molecular complexity index is 298. The zero-order valence-corrected chi connectivity index (χ0v) is 8.82. The smallest absolute Gasteiger partial charge is 0.183 e. The fraction of sp³-hybridized carbons (Fsp3) is 0.500. The Morgan fingerprint density at radius 3 is 3.00 bits per heavy atom. The highest BCUT2D eigenvalue weighted by molar-refractivity contribution is 7.13. The van der Waals surface area contributed by atoms with E-state index in [9.17, 15) is 0 Å². The Morgan fingerprint density at radius 2 is 2.54 bits per heavy atom. The Hall–Kier alpha value is -1.01. The normalized spacial score (nSPS) is 12.1. The van der Waals surface area contributed by atoms with E-state index in [1.807, 2.05) is 12.3 Å². The number of aromatic nitrogens is 1. The molecule has 70 valence electrons. The molecule has 3 heteroatoms. The Labute approximate surface area is 83.4 Å². The van der Waals surface area contributed by atoms with Gasteiger partial charge in [-0.2, -0.15) is 0 Å². The molecule has 0 aliphatic carbocycles. The summed E-state index contributed by atoms with van der Waals surface area (Å²) in [6.07, 6.45) is 7.05. The van der Waals surface area contributed by atoms with Gasteiger partial charge in [0.25, 0.3) is 0 Å². The summed E-state index contributed by atoms with van der Waals surface area (Å²) in [5, 5.41) is 6.32. The molecule has 1 N–H and O–H groups in total. The average molecular weight is 194 g/mol.